The molecule has 0 aliphatic carbocycles. The van der Waals surface area contributed by atoms with Crippen molar-refractivity contribution in [2.45, 2.75) is 12.3 Å². The average molecular weight is 374 g/mol. The van der Waals surface area contributed by atoms with Crippen LogP contribution in [-0.2, 0) is 0 Å². The third-order valence-corrected chi connectivity index (χ3v) is 4.29. The first-order valence-electron chi connectivity index (χ1n) is 6.29. The lowest BCUT2D eigenvalue weighted by Crippen LogP contribution is -2.02. The summed E-state index contributed by atoms with van der Waals surface area (Å²) in [4.78, 5) is 0. The molecule has 0 heterocycles. The third kappa shape index (κ3) is 3.33. The van der Waals surface area contributed by atoms with E-state index in [1.807, 2.05) is 6.92 Å². The van der Waals surface area contributed by atoms with Gasteiger partial charge in [-0.3, -0.25) is 0 Å². The van der Waals surface area contributed by atoms with Gasteiger partial charge in [-0.15, -0.1) is 11.6 Å². The smallest absolute Gasteiger partial charge is 0.133 e. The van der Waals surface area contributed by atoms with Crippen LogP contribution in [0.4, 0.5) is 4.39 Å². The van der Waals surface area contributed by atoms with Crippen molar-refractivity contribution in [3.63, 3.8) is 0 Å². The molecule has 0 N–H and O–H groups in total. The molecule has 2 rings (SSSR count). The fraction of sp³-hybridized carbons (Fsp3) is 0.250. The van der Waals surface area contributed by atoms with Crippen LogP contribution in [0.5, 0.6) is 11.5 Å². The number of aryl methyl sites for hydroxylation is 1. The summed E-state index contributed by atoms with van der Waals surface area (Å²) >= 11 is 9.87. The molecule has 0 radical (unpaired) electrons. The van der Waals surface area contributed by atoms with E-state index in [0.29, 0.717) is 22.6 Å². The highest BCUT2D eigenvalue weighted by Crippen LogP contribution is 2.41. The molecule has 21 heavy (non-hydrogen) atoms. The molecule has 0 aliphatic rings. The Balaban J connectivity index is 2.56. The maximum Gasteiger partial charge on any atom is 0.133 e. The summed E-state index contributed by atoms with van der Waals surface area (Å²) in [5, 5.41) is -0.665. The van der Waals surface area contributed by atoms with Crippen molar-refractivity contribution in [3.8, 4) is 11.5 Å². The predicted molar refractivity (Wildman–Crippen MR) is 86.1 cm³/mol. The molecule has 0 aliphatic heterocycles. The van der Waals surface area contributed by atoms with Crippen molar-refractivity contribution < 1.29 is 13.9 Å². The molecule has 0 bridgehead atoms. The van der Waals surface area contributed by atoms with Gasteiger partial charge < -0.3 is 9.47 Å². The molecule has 2 nitrogen and oxygen atoms in total. The van der Waals surface area contributed by atoms with E-state index in [1.165, 1.54) is 6.07 Å². The SMILES string of the molecule is COc1cc(C(Cl)c2cc(C)ccc2F)c(OC)cc1Br. The Labute approximate surface area is 137 Å². The molecule has 0 saturated carbocycles. The summed E-state index contributed by atoms with van der Waals surface area (Å²) in [6.07, 6.45) is 0. The number of methoxy groups -OCH3 is 2. The van der Waals surface area contributed by atoms with E-state index in [4.69, 9.17) is 21.1 Å². The van der Waals surface area contributed by atoms with E-state index >= 15 is 0 Å². The fourth-order valence-electron chi connectivity index (χ4n) is 2.11. The van der Waals surface area contributed by atoms with Gasteiger partial charge in [0.05, 0.1) is 24.1 Å². The first kappa shape index (κ1) is 16.1. The second-order valence-corrected chi connectivity index (χ2v) is 5.91. The molecule has 0 spiro atoms. The lowest BCUT2D eigenvalue weighted by molar-refractivity contribution is 0.397. The van der Waals surface area contributed by atoms with E-state index in [0.717, 1.165) is 10.0 Å². The van der Waals surface area contributed by atoms with Crippen LogP contribution in [0.1, 0.15) is 22.1 Å². The Bertz CT molecular complexity index is 661. The second-order valence-electron chi connectivity index (χ2n) is 4.62. The number of halogens is 3. The van der Waals surface area contributed by atoms with E-state index in [1.54, 1.807) is 38.5 Å². The van der Waals surface area contributed by atoms with Crippen molar-refractivity contribution in [2.24, 2.45) is 0 Å². The van der Waals surface area contributed by atoms with Crippen LogP contribution in [0.25, 0.3) is 0 Å². The number of hydrogen-bond donors (Lipinski definition) is 0. The lowest BCUT2D eigenvalue weighted by atomic mass is 10.0. The maximum atomic E-state index is 14.0. The summed E-state index contributed by atoms with van der Waals surface area (Å²) in [5.41, 5.74) is 2.02. The van der Waals surface area contributed by atoms with E-state index in [2.05, 4.69) is 15.9 Å². The summed E-state index contributed by atoms with van der Waals surface area (Å²) < 4.78 is 25.4. The van der Waals surface area contributed by atoms with Gasteiger partial charge in [0.1, 0.15) is 17.3 Å². The molecule has 0 amide bonds. The van der Waals surface area contributed by atoms with Crippen LogP contribution >= 0.6 is 27.5 Å². The van der Waals surface area contributed by atoms with Gasteiger partial charge in [0.2, 0.25) is 0 Å². The van der Waals surface area contributed by atoms with Crippen LogP contribution in [-0.4, -0.2) is 14.2 Å². The van der Waals surface area contributed by atoms with E-state index in [9.17, 15) is 4.39 Å². The molecule has 0 fully saturated rings. The van der Waals surface area contributed by atoms with Gasteiger partial charge in [0, 0.05) is 11.1 Å². The van der Waals surface area contributed by atoms with Crippen molar-refractivity contribution in [3.05, 3.63) is 57.3 Å². The van der Waals surface area contributed by atoms with Crippen molar-refractivity contribution in [1.82, 2.24) is 0 Å². The first-order valence-corrected chi connectivity index (χ1v) is 7.52. The van der Waals surface area contributed by atoms with Gasteiger partial charge >= 0.3 is 0 Å². The van der Waals surface area contributed by atoms with Crippen molar-refractivity contribution in [1.29, 1.82) is 0 Å². The van der Waals surface area contributed by atoms with Gasteiger partial charge in [0.25, 0.3) is 0 Å². The number of rotatable bonds is 4. The van der Waals surface area contributed by atoms with E-state index in [-0.39, 0.29) is 5.82 Å². The number of hydrogen-bond acceptors (Lipinski definition) is 2. The normalized spacial score (nSPS) is 12.1. The highest BCUT2D eigenvalue weighted by atomic mass is 79.9. The molecule has 2 aromatic carbocycles. The monoisotopic (exact) mass is 372 g/mol. The standard InChI is InChI=1S/C16H15BrClFO2/c1-9-4-5-13(19)10(6-9)16(18)11-7-15(21-3)12(17)8-14(11)20-2/h4-8,16H,1-3H3. The molecule has 0 saturated heterocycles. The minimum absolute atomic E-state index is 0.343. The number of alkyl halides is 1. The Morgan fingerprint density at radius 3 is 2.33 bits per heavy atom. The zero-order valence-corrected chi connectivity index (χ0v) is 14.3. The van der Waals surface area contributed by atoms with Crippen LogP contribution < -0.4 is 9.47 Å². The summed E-state index contributed by atoms with van der Waals surface area (Å²) in [5.74, 6) is 0.845. The van der Waals surface area contributed by atoms with Gasteiger partial charge in [0.15, 0.2) is 0 Å². The lowest BCUT2D eigenvalue weighted by Gasteiger charge is -2.17. The van der Waals surface area contributed by atoms with Gasteiger partial charge in [-0.25, -0.2) is 4.39 Å². The molecule has 1 atom stereocenters. The summed E-state index contributed by atoms with van der Waals surface area (Å²) in [6.45, 7) is 1.89. The first-order chi connectivity index (χ1) is 9.97. The summed E-state index contributed by atoms with van der Waals surface area (Å²) in [7, 11) is 3.11. The molecule has 5 heteroatoms. The molecule has 1 unspecified atom stereocenters. The Morgan fingerprint density at radius 1 is 1.05 bits per heavy atom. The molecule has 0 aromatic heterocycles. The topological polar surface area (TPSA) is 18.5 Å². The van der Waals surface area contributed by atoms with Crippen LogP contribution in [0.2, 0.25) is 0 Å². The summed E-state index contributed by atoms with van der Waals surface area (Å²) in [6, 6.07) is 8.38. The Hall–Kier alpha value is -1.26. The quantitative estimate of drug-likeness (QED) is 0.682. The second kappa shape index (κ2) is 6.67. The Kier molecular flexibility index (Phi) is 5.12. The largest absolute Gasteiger partial charge is 0.496 e. The van der Waals surface area contributed by atoms with E-state index < -0.39 is 5.38 Å². The average Bonchev–Trinajstić information content (AvgIpc) is 2.48. The minimum atomic E-state index is -0.665. The van der Waals surface area contributed by atoms with Gasteiger partial charge in [-0.1, -0.05) is 17.7 Å². The van der Waals surface area contributed by atoms with Crippen molar-refractivity contribution in [2.75, 3.05) is 14.2 Å². The third-order valence-electron chi connectivity index (χ3n) is 3.20. The molecular formula is C16H15BrClFO2. The molecular weight excluding hydrogens is 359 g/mol. The predicted octanol–water partition coefficient (Wildman–Crippen LogP) is 5.24. The minimum Gasteiger partial charge on any atom is -0.496 e. The fourth-order valence-corrected chi connectivity index (χ4v) is 2.93. The molecule has 2 aromatic rings. The van der Waals surface area contributed by atoms with Gasteiger partial charge in [-0.05, 0) is 41.1 Å². The number of ether oxygens (including phenoxy) is 2. The maximum absolute atomic E-state index is 14.0. The highest BCUT2D eigenvalue weighted by Gasteiger charge is 2.21. The van der Waals surface area contributed by atoms with Crippen molar-refractivity contribution >= 4 is 27.5 Å². The Morgan fingerprint density at radius 2 is 1.71 bits per heavy atom. The van der Waals surface area contributed by atoms with Gasteiger partial charge in [-0.2, -0.15) is 0 Å². The van der Waals surface area contributed by atoms with Crippen LogP contribution in [0.3, 0.4) is 0 Å². The van der Waals surface area contributed by atoms with Crippen LogP contribution in [0, 0.1) is 12.7 Å². The number of benzene rings is 2. The zero-order valence-electron chi connectivity index (χ0n) is 11.9. The molecule has 112 valence electrons. The van der Waals surface area contributed by atoms with Crippen LogP contribution in [0.15, 0.2) is 34.8 Å². The zero-order chi connectivity index (χ0) is 15.6. The highest BCUT2D eigenvalue weighted by molar-refractivity contribution is 9.10.